The highest BCUT2D eigenvalue weighted by Crippen LogP contribution is 2.22. The Hall–Kier alpha value is -2.43. The summed E-state index contributed by atoms with van der Waals surface area (Å²) in [4.78, 5) is 44.2. The second-order valence-electron chi connectivity index (χ2n) is 11.0. The van der Waals surface area contributed by atoms with E-state index in [1.807, 2.05) is 29.2 Å². The second-order valence-corrected chi connectivity index (χ2v) is 11.4. The molecule has 2 saturated heterocycles. The largest absolute Gasteiger partial charge is 0.358 e. The Bertz CT molecular complexity index is 1180. The number of nitrogens with zero attached hydrogens (tertiary/aromatic N) is 2. The van der Waals surface area contributed by atoms with E-state index in [0.717, 1.165) is 43.4 Å². The molecule has 0 spiro atoms. The molecule has 8 nitrogen and oxygen atoms in total. The summed E-state index contributed by atoms with van der Waals surface area (Å²) in [6, 6.07) is 12.0. The molecule has 0 bridgehead atoms. The summed E-state index contributed by atoms with van der Waals surface area (Å²) in [6.45, 7) is 4.37. The van der Waals surface area contributed by atoms with Gasteiger partial charge in [-0.1, -0.05) is 49.2 Å². The van der Waals surface area contributed by atoms with Crippen molar-refractivity contribution in [1.82, 2.24) is 25.8 Å². The number of hydrogen-bond donors (Lipinski definition) is 3. The van der Waals surface area contributed by atoms with Gasteiger partial charge >= 0.3 is 0 Å². The lowest BCUT2D eigenvalue weighted by atomic mass is 9.98. The highest BCUT2D eigenvalue weighted by Gasteiger charge is 2.38. The summed E-state index contributed by atoms with van der Waals surface area (Å²) in [5, 5.41) is 9.65. The average Bonchev–Trinajstić information content (AvgIpc) is 3.52. The van der Waals surface area contributed by atoms with E-state index in [-0.39, 0.29) is 72.9 Å². The number of halogens is 4. The van der Waals surface area contributed by atoms with Crippen LogP contribution in [0.1, 0.15) is 43.7 Å². The molecule has 43 heavy (non-hydrogen) atoms. The number of nitrogens with one attached hydrogen (secondary N) is 3. The van der Waals surface area contributed by atoms with Gasteiger partial charge in [-0.15, -0.1) is 24.8 Å². The maximum absolute atomic E-state index is 14.1. The molecule has 12 heteroatoms. The summed E-state index contributed by atoms with van der Waals surface area (Å²) in [5.41, 5.74) is 1.79. The minimum Gasteiger partial charge on any atom is -0.358 e. The molecule has 2 aromatic rings. The van der Waals surface area contributed by atoms with Crippen LogP contribution in [0.3, 0.4) is 0 Å². The summed E-state index contributed by atoms with van der Waals surface area (Å²) < 4.78 is 13.6. The SMILES string of the molecule is CCCC1CN(C(Cc2ccc(Cl)cc2)C(=O)NC)CCN1C(=O)C(Cc1ccc(F)cc1)NC(=O)C1CCCN1.Cl.Cl. The molecule has 4 unspecified atom stereocenters. The first-order chi connectivity index (χ1) is 19.8. The van der Waals surface area contributed by atoms with Gasteiger partial charge in [-0.3, -0.25) is 19.3 Å². The molecule has 3 amide bonds. The molecule has 0 radical (unpaired) electrons. The summed E-state index contributed by atoms with van der Waals surface area (Å²) in [7, 11) is 1.64. The molecule has 0 aliphatic carbocycles. The molecule has 2 aliphatic rings. The van der Waals surface area contributed by atoms with Gasteiger partial charge in [0.15, 0.2) is 0 Å². The standard InChI is InChI=1S/C31H41ClFN5O3.2ClH/c1-3-5-25-20-37(28(30(40)34-2)19-22-7-11-23(32)12-8-22)16-17-38(25)31(41)27(18-21-9-13-24(33)14-10-21)36-29(39)26-6-4-15-35-26;;/h7-14,25-28,35H,3-6,15-20H2,1-2H3,(H,34,40)(H,36,39);2*1H. The first-order valence-corrected chi connectivity index (χ1v) is 15.0. The van der Waals surface area contributed by atoms with Crippen LogP contribution in [-0.4, -0.2) is 84.9 Å². The fourth-order valence-corrected chi connectivity index (χ4v) is 5.99. The second kappa shape index (κ2) is 17.8. The Morgan fingerprint density at radius 2 is 1.67 bits per heavy atom. The van der Waals surface area contributed by atoms with Crippen molar-refractivity contribution in [2.24, 2.45) is 0 Å². The molecule has 4 atom stereocenters. The normalized spacial score (nSPS) is 19.9. The topological polar surface area (TPSA) is 93.8 Å². The summed E-state index contributed by atoms with van der Waals surface area (Å²) in [5.74, 6) is -0.746. The van der Waals surface area contributed by atoms with E-state index in [1.165, 1.54) is 12.1 Å². The highest BCUT2D eigenvalue weighted by molar-refractivity contribution is 6.30. The Labute approximate surface area is 271 Å². The van der Waals surface area contributed by atoms with Crippen molar-refractivity contribution in [3.8, 4) is 0 Å². The van der Waals surface area contributed by atoms with Crippen molar-refractivity contribution in [3.05, 3.63) is 70.5 Å². The monoisotopic (exact) mass is 657 g/mol. The third-order valence-electron chi connectivity index (χ3n) is 8.10. The zero-order chi connectivity index (χ0) is 29.4. The van der Waals surface area contributed by atoms with Gasteiger partial charge in [0.05, 0.1) is 12.1 Å². The fourth-order valence-electron chi connectivity index (χ4n) is 5.87. The molecule has 3 N–H and O–H groups in total. The third-order valence-corrected chi connectivity index (χ3v) is 8.35. The van der Waals surface area contributed by atoms with Crippen molar-refractivity contribution < 1.29 is 18.8 Å². The number of likely N-dealkylation sites (N-methyl/N-ethyl adjacent to an activating group) is 1. The van der Waals surface area contributed by atoms with Gasteiger partial charge in [0.2, 0.25) is 17.7 Å². The van der Waals surface area contributed by atoms with E-state index in [9.17, 15) is 18.8 Å². The van der Waals surface area contributed by atoms with Crippen molar-refractivity contribution >= 4 is 54.1 Å². The number of piperazine rings is 1. The highest BCUT2D eigenvalue weighted by atomic mass is 35.5. The lowest BCUT2D eigenvalue weighted by Gasteiger charge is -2.45. The molecular formula is C31H43Cl3FN5O3. The minimum atomic E-state index is -0.773. The van der Waals surface area contributed by atoms with Crippen molar-refractivity contribution in [2.45, 2.75) is 69.6 Å². The molecule has 2 aromatic carbocycles. The van der Waals surface area contributed by atoms with Gasteiger partial charge in [-0.25, -0.2) is 4.39 Å². The van der Waals surface area contributed by atoms with Crippen LogP contribution < -0.4 is 16.0 Å². The molecule has 238 valence electrons. The fraction of sp³-hybridized carbons (Fsp3) is 0.516. The van der Waals surface area contributed by atoms with Crippen molar-refractivity contribution in [1.29, 1.82) is 0 Å². The third kappa shape index (κ3) is 10.0. The van der Waals surface area contributed by atoms with Crippen LogP contribution in [0.2, 0.25) is 5.02 Å². The van der Waals surface area contributed by atoms with E-state index in [1.54, 1.807) is 19.2 Å². The number of benzene rings is 2. The van der Waals surface area contributed by atoms with Gasteiger partial charge in [0.1, 0.15) is 11.9 Å². The van der Waals surface area contributed by atoms with E-state index in [4.69, 9.17) is 11.6 Å². The van der Waals surface area contributed by atoms with E-state index in [2.05, 4.69) is 27.8 Å². The predicted molar refractivity (Wildman–Crippen MR) is 173 cm³/mol. The van der Waals surface area contributed by atoms with Crippen LogP contribution in [0.25, 0.3) is 0 Å². The zero-order valence-electron chi connectivity index (χ0n) is 24.7. The number of carbonyl (C=O) groups excluding carboxylic acids is 3. The van der Waals surface area contributed by atoms with E-state index >= 15 is 0 Å². The molecular weight excluding hydrogens is 616 g/mol. The maximum atomic E-state index is 14.1. The molecule has 2 heterocycles. The first-order valence-electron chi connectivity index (χ1n) is 14.6. The Balaban J connectivity index is 0.00000323. The smallest absolute Gasteiger partial charge is 0.245 e. The van der Waals surface area contributed by atoms with E-state index in [0.29, 0.717) is 31.1 Å². The summed E-state index contributed by atoms with van der Waals surface area (Å²) >= 11 is 6.06. The Morgan fingerprint density at radius 3 is 2.28 bits per heavy atom. The van der Waals surface area contributed by atoms with Gasteiger partial charge in [-0.2, -0.15) is 0 Å². The van der Waals surface area contributed by atoms with Crippen molar-refractivity contribution in [2.75, 3.05) is 33.2 Å². The average molecular weight is 659 g/mol. The molecule has 2 aliphatic heterocycles. The molecule has 0 aromatic heterocycles. The predicted octanol–water partition coefficient (Wildman–Crippen LogP) is 3.77. The lowest BCUT2D eigenvalue weighted by Crippen LogP contribution is -2.63. The van der Waals surface area contributed by atoms with Gasteiger partial charge in [-0.05, 0) is 67.6 Å². The maximum Gasteiger partial charge on any atom is 0.245 e. The molecule has 4 rings (SSSR count). The Morgan fingerprint density at radius 1 is 1.02 bits per heavy atom. The van der Waals surface area contributed by atoms with Crippen LogP contribution in [0.4, 0.5) is 4.39 Å². The van der Waals surface area contributed by atoms with E-state index < -0.39 is 6.04 Å². The van der Waals surface area contributed by atoms with Crippen LogP contribution in [0, 0.1) is 5.82 Å². The number of carbonyl (C=O) groups is 3. The van der Waals surface area contributed by atoms with Crippen LogP contribution in [0.15, 0.2) is 48.5 Å². The quantitative estimate of drug-likeness (QED) is 0.342. The van der Waals surface area contributed by atoms with Crippen LogP contribution in [0.5, 0.6) is 0 Å². The molecule has 0 saturated carbocycles. The first kappa shape index (κ1) is 36.8. The Kier molecular flexibility index (Phi) is 15.2. The zero-order valence-corrected chi connectivity index (χ0v) is 27.1. The van der Waals surface area contributed by atoms with Gasteiger partial charge in [0, 0.05) is 44.2 Å². The van der Waals surface area contributed by atoms with Crippen LogP contribution in [-0.2, 0) is 27.2 Å². The minimum absolute atomic E-state index is 0. The number of rotatable bonds is 11. The van der Waals surface area contributed by atoms with Crippen molar-refractivity contribution in [3.63, 3.8) is 0 Å². The number of hydrogen-bond acceptors (Lipinski definition) is 5. The van der Waals surface area contributed by atoms with Gasteiger partial charge in [0.25, 0.3) is 0 Å². The summed E-state index contributed by atoms with van der Waals surface area (Å²) in [6.07, 6.45) is 4.08. The molecule has 2 fully saturated rings. The van der Waals surface area contributed by atoms with Gasteiger partial charge < -0.3 is 20.9 Å². The lowest BCUT2D eigenvalue weighted by molar-refractivity contribution is -0.142. The number of amides is 3. The van der Waals surface area contributed by atoms with Crippen LogP contribution >= 0.6 is 36.4 Å².